The Morgan fingerprint density at radius 3 is 3.06 bits per heavy atom. The largest absolute Gasteiger partial charge is 0.352 e. The van der Waals surface area contributed by atoms with Gasteiger partial charge in [0.15, 0.2) is 0 Å². The molecule has 2 N–H and O–H groups in total. The Labute approximate surface area is 109 Å². The smallest absolute Gasteiger partial charge is 0.254 e. The highest BCUT2D eigenvalue weighted by molar-refractivity contribution is 7.98. The minimum Gasteiger partial charge on any atom is -0.352 e. The van der Waals surface area contributed by atoms with Gasteiger partial charge in [0.05, 0.1) is 5.56 Å². The van der Waals surface area contributed by atoms with Gasteiger partial charge in [0.25, 0.3) is 5.91 Å². The van der Waals surface area contributed by atoms with Crippen molar-refractivity contribution < 1.29 is 4.79 Å². The van der Waals surface area contributed by atoms with Crippen molar-refractivity contribution in [2.45, 2.75) is 11.4 Å². The first-order valence-corrected chi connectivity index (χ1v) is 6.79. The summed E-state index contributed by atoms with van der Waals surface area (Å²) in [5.74, 6) is 0.769. The van der Waals surface area contributed by atoms with Crippen LogP contribution in [0.2, 0.25) is 0 Å². The number of amides is 1. The summed E-state index contributed by atoms with van der Waals surface area (Å²) in [5.41, 5.74) is 0.615. The molecule has 0 aromatic carbocycles. The first-order chi connectivity index (χ1) is 8.81. The summed E-state index contributed by atoms with van der Waals surface area (Å²) in [6.07, 6.45) is 7.75. The quantitative estimate of drug-likeness (QED) is 0.801. The van der Waals surface area contributed by atoms with E-state index in [0.717, 1.165) is 10.9 Å². The molecule has 0 aliphatic heterocycles. The summed E-state index contributed by atoms with van der Waals surface area (Å²) in [7, 11) is 0. The van der Waals surface area contributed by atoms with Crippen LogP contribution in [0.15, 0.2) is 35.7 Å². The van der Waals surface area contributed by atoms with Gasteiger partial charge in [-0.25, -0.2) is 9.97 Å². The summed E-state index contributed by atoms with van der Waals surface area (Å²) in [4.78, 5) is 23.2. The average molecular weight is 262 g/mol. The van der Waals surface area contributed by atoms with E-state index in [9.17, 15) is 4.79 Å². The van der Waals surface area contributed by atoms with Gasteiger partial charge in [-0.3, -0.25) is 4.79 Å². The molecule has 6 heteroatoms. The number of hydrogen-bond donors (Lipinski definition) is 2. The summed E-state index contributed by atoms with van der Waals surface area (Å²) in [5, 5.41) is 3.60. The minimum absolute atomic E-state index is 0.0981. The van der Waals surface area contributed by atoms with Gasteiger partial charge < -0.3 is 10.3 Å². The number of rotatable bonds is 5. The molecule has 0 saturated heterocycles. The van der Waals surface area contributed by atoms with Crippen molar-refractivity contribution in [2.75, 3.05) is 12.8 Å². The van der Waals surface area contributed by atoms with Gasteiger partial charge in [0.2, 0.25) is 0 Å². The van der Waals surface area contributed by atoms with Crippen LogP contribution in [0.4, 0.5) is 0 Å². The molecule has 0 atom stereocenters. The molecule has 0 bridgehead atoms. The number of pyridine rings is 1. The van der Waals surface area contributed by atoms with Crippen LogP contribution in [-0.2, 0) is 6.42 Å². The molecule has 0 radical (unpaired) electrons. The fraction of sp³-hybridized carbons (Fsp3) is 0.250. The van der Waals surface area contributed by atoms with Crippen LogP contribution in [0.1, 0.15) is 16.2 Å². The molecule has 0 saturated carbocycles. The zero-order valence-electron chi connectivity index (χ0n) is 10.0. The molecule has 2 heterocycles. The van der Waals surface area contributed by atoms with Crippen LogP contribution in [0, 0.1) is 0 Å². The number of H-pyrrole nitrogens is 1. The minimum atomic E-state index is -0.0981. The van der Waals surface area contributed by atoms with Crippen LogP contribution in [-0.4, -0.2) is 33.7 Å². The molecule has 0 unspecified atom stereocenters. The van der Waals surface area contributed by atoms with Gasteiger partial charge in [-0.05, 0) is 18.4 Å². The van der Waals surface area contributed by atoms with Crippen molar-refractivity contribution in [3.63, 3.8) is 0 Å². The number of carbonyl (C=O) groups excluding carboxylic acids is 1. The predicted octanol–water partition coefficient (Wildman–Crippen LogP) is 1.50. The molecule has 0 aliphatic carbocycles. The lowest BCUT2D eigenvalue weighted by Gasteiger charge is -2.06. The molecule has 2 aromatic heterocycles. The lowest BCUT2D eigenvalue weighted by molar-refractivity contribution is 0.0950. The summed E-state index contributed by atoms with van der Waals surface area (Å²) >= 11 is 1.46. The van der Waals surface area contributed by atoms with Gasteiger partial charge in [-0.1, -0.05) is 0 Å². The number of aromatic amines is 1. The van der Waals surface area contributed by atoms with E-state index in [-0.39, 0.29) is 5.91 Å². The number of aromatic nitrogens is 3. The molecule has 0 spiro atoms. The molecular formula is C12H14N4OS. The van der Waals surface area contributed by atoms with Crippen molar-refractivity contribution >= 4 is 17.7 Å². The van der Waals surface area contributed by atoms with Crippen molar-refractivity contribution in [2.24, 2.45) is 0 Å². The Balaban J connectivity index is 1.91. The Morgan fingerprint density at radius 2 is 2.33 bits per heavy atom. The summed E-state index contributed by atoms with van der Waals surface area (Å²) in [6, 6.07) is 3.54. The summed E-state index contributed by atoms with van der Waals surface area (Å²) in [6.45, 7) is 0.551. The summed E-state index contributed by atoms with van der Waals surface area (Å²) < 4.78 is 0. The highest BCUT2D eigenvalue weighted by Gasteiger charge is 2.10. The third kappa shape index (κ3) is 3.10. The zero-order valence-corrected chi connectivity index (χ0v) is 10.8. The maximum Gasteiger partial charge on any atom is 0.254 e. The van der Waals surface area contributed by atoms with Crippen molar-refractivity contribution in [3.05, 3.63) is 42.1 Å². The van der Waals surface area contributed by atoms with E-state index in [4.69, 9.17) is 0 Å². The molecule has 5 nitrogen and oxygen atoms in total. The van der Waals surface area contributed by atoms with E-state index in [1.165, 1.54) is 11.8 Å². The highest BCUT2D eigenvalue weighted by atomic mass is 32.2. The molecule has 94 valence electrons. The van der Waals surface area contributed by atoms with Crippen LogP contribution in [0.5, 0.6) is 0 Å². The Hall–Kier alpha value is -1.82. The van der Waals surface area contributed by atoms with E-state index >= 15 is 0 Å². The molecule has 18 heavy (non-hydrogen) atoms. The number of hydrogen-bond acceptors (Lipinski definition) is 4. The topological polar surface area (TPSA) is 70.7 Å². The maximum absolute atomic E-state index is 12.0. The second kappa shape index (κ2) is 6.20. The lowest BCUT2D eigenvalue weighted by Crippen LogP contribution is -2.26. The normalized spacial score (nSPS) is 10.3. The van der Waals surface area contributed by atoms with Gasteiger partial charge in [0.1, 0.15) is 10.9 Å². The lowest BCUT2D eigenvalue weighted by atomic mass is 10.2. The maximum atomic E-state index is 12.0. The van der Waals surface area contributed by atoms with E-state index < -0.39 is 0 Å². The van der Waals surface area contributed by atoms with Crippen LogP contribution >= 0.6 is 11.8 Å². The van der Waals surface area contributed by atoms with Crippen molar-refractivity contribution in [1.82, 2.24) is 20.3 Å². The fourth-order valence-corrected chi connectivity index (χ4v) is 2.10. The van der Waals surface area contributed by atoms with Crippen molar-refractivity contribution in [1.29, 1.82) is 0 Å². The van der Waals surface area contributed by atoms with Crippen LogP contribution in [0.3, 0.4) is 0 Å². The van der Waals surface area contributed by atoms with E-state index in [2.05, 4.69) is 20.3 Å². The number of imidazole rings is 1. The van der Waals surface area contributed by atoms with Crippen LogP contribution in [0.25, 0.3) is 0 Å². The fourth-order valence-electron chi connectivity index (χ4n) is 1.55. The Morgan fingerprint density at radius 1 is 1.44 bits per heavy atom. The van der Waals surface area contributed by atoms with Gasteiger partial charge in [-0.15, -0.1) is 11.8 Å². The first-order valence-electron chi connectivity index (χ1n) is 5.56. The number of thioether (sulfide) groups is 1. The molecule has 0 aliphatic rings. The van der Waals surface area contributed by atoms with Gasteiger partial charge in [-0.2, -0.15) is 0 Å². The number of carbonyl (C=O) groups is 1. The van der Waals surface area contributed by atoms with Crippen LogP contribution < -0.4 is 5.32 Å². The second-order valence-corrected chi connectivity index (χ2v) is 4.40. The van der Waals surface area contributed by atoms with Gasteiger partial charge >= 0.3 is 0 Å². The van der Waals surface area contributed by atoms with Crippen molar-refractivity contribution in [3.8, 4) is 0 Å². The SMILES string of the molecule is CSc1ncccc1C(=O)NCCc1ncc[nH]1. The van der Waals surface area contributed by atoms with Gasteiger partial charge in [0, 0.05) is 31.6 Å². The van der Waals surface area contributed by atoms with E-state index in [0.29, 0.717) is 18.5 Å². The zero-order chi connectivity index (χ0) is 12.8. The number of nitrogens with zero attached hydrogens (tertiary/aromatic N) is 2. The second-order valence-electron chi connectivity index (χ2n) is 3.60. The first kappa shape index (κ1) is 12.6. The molecule has 2 aromatic rings. The highest BCUT2D eigenvalue weighted by Crippen LogP contribution is 2.16. The molecule has 0 fully saturated rings. The molecule has 1 amide bonds. The van der Waals surface area contributed by atoms with E-state index in [1.54, 1.807) is 30.7 Å². The monoisotopic (exact) mass is 262 g/mol. The predicted molar refractivity (Wildman–Crippen MR) is 70.6 cm³/mol. The third-order valence-corrected chi connectivity index (χ3v) is 3.12. The Kier molecular flexibility index (Phi) is 4.35. The Bertz CT molecular complexity index is 513. The molecule has 2 rings (SSSR count). The molecular weight excluding hydrogens is 248 g/mol. The third-order valence-electron chi connectivity index (χ3n) is 2.41. The van der Waals surface area contributed by atoms with E-state index in [1.807, 2.05) is 6.26 Å². The standard InChI is InChI=1S/C12H14N4OS/c1-18-12-9(3-2-5-16-12)11(17)15-6-4-10-13-7-8-14-10/h2-3,5,7-8H,4,6H2,1H3,(H,13,14)(H,15,17). The average Bonchev–Trinajstić information content (AvgIpc) is 2.91. The number of nitrogens with one attached hydrogen (secondary N) is 2.